The van der Waals surface area contributed by atoms with Crippen molar-refractivity contribution in [1.82, 2.24) is 35.3 Å². The molecule has 0 spiro atoms. The van der Waals surface area contributed by atoms with Crippen LogP contribution in [0, 0.1) is 5.82 Å². The minimum atomic E-state index is -0.289. The third-order valence-electron chi connectivity index (χ3n) is 4.99. The zero-order valence-electron chi connectivity index (χ0n) is 16.2. The van der Waals surface area contributed by atoms with E-state index in [9.17, 15) is 9.18 Å². The molecule has 1 fully saturated rings. The van der Waals surface area contributed by atoms with E-state index < -0.39 is 0 Å². The molecule has 0 atom stereocenters. The monoisotopic (exact) mass is 429 g/mol. The summed E-state index contributed by atoms with van der Waals surface area (Å²) in [5, 5.41) is 15.5. The molecule has 1 saturated heterocycles. The number of benzene rings is 2. The number of carbonyl (C=O) groups excluding carboxylic acids is 1. The van der Waals surface area contributed by atoms with E-state index in [1.165, 1.54) is 12.1 Å². The van der Waals surface area contributed by atoms with Crippen LogP contribution in [0.4, 0.5) is 9.18 Å². The largest absolute Gasteiger partial charge is 0.334 e. The summed E-state index contributed by atoms with van der Waals surface area (Å²) in [6.45, 7) is 3.61. The highest BCUT2D eigenvalue weighted by Gasteiger charge is 2.22. The SMILES string of the molecule is O=C(NCc1ccc(F)cc1)N1CCN(Cc2nnnn2-c2ccc(Cl)cc2)CC1. The molecule has 2 heterocycles. The van der Waals surface area contributed by atoms with Crippen LogP contribution in [-0.2, 0) is 13.1 Å². The predicted molar refractivity (Wildman–Crippen MR) is 110 cm³/mol. The number of piperazine rings is 1. The summed E-state index contributed by atoms with van der Waals surface area (Å²) in [5.74, 6) is 0.440. The van der Waals surface area contributed by atoms with Crippen LogP contribution in [0.25, 0.3) is 5.69 Å². The van der Waals surface area contributed by atoms with E-state index in [-0.39, 0.29) is 11.8 Å². The van der Waals surface area contributed by atoms with E-state index in [4.69, 9.17) is 11.6 Å². The molecule has 4 rings (SSSR count). The summed E-state index contributed by atoms with van der Waals surface area (Å²) < 4.78 is 14.7. The molecule has 8 nitrogen and oxygen atoms in total. The fourth-order valence-electron chi connectivity index (χ4n) is 3.29. The van der Waals surface area contributed by atoms with Crippen LogP contribution in [0.1, 0.15) is 11.4 Å². The van der Waals surface area contributed by atoms with Crippen LogP contribution in [-0.4, -0.2) is 62.2 Å². The molecule has 156 valence electrons. The van der Waals surface area contributed by atoms with E-state index in [0.29, 0.717) is 31.2 Å². The summed E-state index contributed by atoms with van der Waals surface area (Å²) in [5.41, 5.74) is 1.70. The summed E-state index contributed by atoms with van der Waals surface area (Å²) in [4.78, 5) is 16.4. The smallest absolute Gasteiger partial charge is 0.317 e. The normalized spacial score (nSPS) is 14.7. The van der Waals surface area contributed by atoms with E-state index >= 15 is 0 Å². The molecule has 0 radical (unpaired) electrons. The lowest BCUT2D eigenvalue weighted by molar-refractivity contribution is 0.133. The minimum absolute atomic E-state index is 0.120. The quantitative estimate of drug-likeness (QED) is 0.674. The van der Waals surface area contributed by atoms with Gasteiger partial charge in [0.1, 0.15) is 5.82 Å². The van der Waals surface area contributed by atoms with Crippen molar-refractivity contribution in [1.29, 1.82) is 0 Å². The lowest BCUT2D eigenvalue weighted by Gasteiger charge is -2.34. The van der Waals surface area contributed by atoms with Crippen molar-refractivity contribution in [3.8, 4) is 5.69 Å². The lowest BCUT2D eigenvalue weighted by atomic mass is 10.2. The van der Waals surface area contributed by atoms with Gasteiger partial charge in [-0.15, -0.1) is 5.10 Å². The number of hydrogen-bond donors (Lipinski definition) is 1. The van der Waals surface area contributed by atoms with Crippen LogP contribution < -0.4 is 5.32 Å². The standard InChI is InChI=1S/C20H21ClFN7O/c21-16-3-7-18(8-4-16)29-19(24-25-26-29)14-27-9-11-28(12-10-27)20(30)23-13-15-1-5-17(22)6-2-15/h1-8H,9-14H2,(H,23,30). The molecule has 1 aliphatic heterocycles. The van der Waals surface area contributed by atoms with Gasteiger partial charge in [0.2, 0.25) is 0 Å². The van der Waals surface area contributed by atoms with Gasteiger partial charge in [-0.3, -0.25) is 4.90 Å². The molecule has 1 aromatic heterocycles. The van der Waals surface area contributed by atoms with Gasteiger partial charge in [0, 0.05) is 37.7 Å². The number of hydrogen-bond acceptors (Lipinski definition) is 5. The molecule has 10 heteroatoms. The Balaban J connectivity index is 1.28. The first-order valence-electron chi connectivity index (χ1n) is 9.61. The Bertz CT molecular complexity index is 985. The maximum absolute atomic E-state index is 13.0. The molecule has 0 unspecified atom stereocenters. The lowest BCUT2D eigenvalue weighted by Crippen LogP contribution is -2.51. The van der Waals surface area contributed by atoms with E-state index in [0.717, 1.165) is 30.2 Å². The van der Waals surface area contributed by atoms with Crippen molar-refractivity contribution in [2.45, 2.75) is 13.1 Å². The Hall–Kier alpha value is -3.04. The van der Waals surface area contributed by atoms with Gasteiger partial charge in [-0.25, -0.2) is 9.18 Å². The fourth-order valence-corrected chi connectivity index (χ4v) is 3.41. The number of rotatable bonds is 5. The molecule has 1 aliphatic rings. The number of halogens is 2. The Morgan fingerprint density at radius 1 is 1.03 bits per heavy atom. The molecular weight excluding hydrogens is 409 g/mol. The molecule has 0 aliphatic carbocycles. The molecule has 30 heavy (non-hydrogen) atoms. The minimum Gasteiger partial charge on any atom is -0.334 e. The van der Waals surface area contributed by atoms with Gasteiger partial charge in [0.05, 0.1) is 12.2 Å². The zero-order chi connectivity index (χ0) is 20.9. The van der Waals surface area contributed by atoms with Crippen molar-refractivity contribution in [2.75, 3.05) is 26.2 Å². The summed E-state index contributed by atoms with van der Waals surface area (Å²) in [7, 11) is 0. The van der Waals surface area contributed by atoms with Crippen molar-refractivity contribution >= 4 is 17.6 Å². The van der Waals surface area contributed by atoms with Gasteiger partial charge in [-0.2, -0.15) is 4.68 Å². The molecule has 2 amide bonds. The van der Waals surface area contributed by atoms with Crippen molar-refractivity contribution in [2.24, 2.45) is 0 Å². The first kappa shape index (κ1) is 20.2. The first-order chi connectivity index (χ1) is 14.6. The third kappa shape index (κ3) is 4.92. The Kier molecular flexibility index (Phi) is 6.20. The van der Waals surface area contributed by atoms with E-state index in [2.05, 4.69) is 25.7 Å². The van der Waals surface area contributed by atoms with Crippen LogP contribution >= 0.6 is 11.6 Å². The number of carbonyl (C=O) groups is 1. The summed E-state index contributed by atoms with van der Waals surface area (Å²) in [6.07, 6.45) is 0. The van der Waals surface area contributed by atoms with E-state index in [1.54, 1.807) is 33.8 Å². The van der Waals surface area contributed by atoms with Crippen LogP contribution in [0.2, 0.25) is 5.02 Å². The number of urea groups is 1. The van der Waals surface area contributed by atoms with Gasteiger partial charge < -0.3 is 10.2 Å². The van der Waals surface area contributed by atoms with Crippen molar-refractivity contribution in [3.63, 3.8) is 0 Å². The third-order valence-corrected chi connectivity index (χ3v) is 5.24. The number of nitrogens with one attached hydrogen (secondary N) is 1. The second-order valence-corrected chi connectivity index (χ2v) is 7.47. The van der Waals surface area contributed by atoms with Crippen LogP contribution in [0.5, 0.6) is 0 Å². The highest BCUT2D eigenvalue weighted by molar-refractivity contribution is 6.30. The Morgan fingerprint density at radius 3 is 2.43 bits per heavy atom. The molecule has 2 aromatic carbocycles. The molecule has 0 bridgehead atoms. The zero-order valence-corrected chi connectivity index (χ0v) is 17.0. The molecule has 3 aromatic rings. The predicted octanol–water partition coefficient (Wildman–Crippen LogP) is 2.48. The summed E-state index contributed by atoms with van der Waals surface area (Å²) in [6, 6.07) is 13.3. The van der Waals surface area contributed by atoms with Crippen LogP contribution in [0.3, 0.4) is 0 Å². The van der Waals surface area contributed by atoms with Gasteiger partial charge in [-0.1, -0.05) is 23.7 Å². The molecular formula is C20H21ClFN7O. The second-order valence-electron chi connectivity index (χ2n) is 7.03. The number of aromatic nitrogens is 4. The molecule has 0 saturated carbocycles. The highest BCUT2D eigenvalue weighted by Crippen LogP contribution is 2.15. The van der Waals surface area contributed by atoms with Gasteiger partial charge in [0.15, 0.2) is 5.82 Å². The Morgan fingerprint density at radius 2 is 1.73 bits per heavy atom. The molecule has 1 N–H and O–H groups in total. The van der Waals surface area contributed by atoms with Crippen molar-refractivity contribution in [3.05, 3.63) is 70.8 Å². The first-order valence-corrected chi connectivity index (χ1v) is 9.99. The van der Waals surface area contributed by atoms with Gasteiger partial charge in [-0.05, 0) is 52.4 Å². The Labute approximate surface area is 178 Å². The second kappa shape index (κ2) is 9.19. The number of nitrogens with zero attached hydrogens (tertiary/aromatic N) is 6. The van der Waals surface area contributed by atoms with Gasteiger partial charge >= 0.3 is 6.03 Å². The van der Waals surface area contributed by atoms with Crippen molar-refractivity contribution < 1.29 is 9.18 Å². The maximum atomic E-state index is 13.0. The number of amides is 2. The average molecular weight is 430 g/mol. The highest BCUT2D eigenvalue weighted by atomic mass is 35.5. The fraction of sp³-hybridized carbons (Fsp3) is 0.300. The van der Waals surface area contributed by atoms with E-state index in [1.807, 2.05) is 12.1 Å². The summed E-state index contributed by atoms with van der Waals surface area (Å²) >= 11 is 5.95. The maximum Gasteiger partial charge on any atom is 0.317 e. The van der Waals surface area contributed by atoms with Crippen LogP contribution in [0.15, 0.2) is 48.5 Å². The average Bonchev–Trinajstić information content (AvgIpc) is 3.22. The number of tetrazole rings is 1. The topological polar surface area (TPSA) is 79.2 Å². The van der Waals surface area contributed by atoms with Gasteiger partial charge in [0.25, 0.3) is 0 Å².